The van der Waals surface area contributed by atoms with Crippen LogP contribution in [-0.4, -0.2) is 14.8 Å². The first-order chi connectivity index (χ1) is 9.58. The number of nitrogens with zero attached hydrogens (tertiary/aromatic N) is 3. The van der Waals surface area contributed by atoms with E-state index in [1.54, 1.807) is 30.2 Å². The van der Waals surface area contributed by atoms with Crippen LogP contribution in [-0.2, 0) is 7.05 Å². The average Bonchev–Trinajstić information content (AvgIpc) is 2.91. The fraction of sp³-hybridized carbons (Fsp3) is 0.0769. The minimum Gasteiger partial charge on any atom is -0.383 e. The van der Waals surface area contributed by atoms with Crippen molar-refractivity contribution in [1.29, 1.82) is 0 Å². The van der Waals surface area contributed by atoms with Crippen LogP contribution in [0.3, 0.4) is 0 Å². The van der Waals surface area contributed by atoms with Crippen LogP contribution in [0.4, 0.5) is 5.82 Å². The Morgan fingerprint density at radius 2 is 1.95 bits per heavy atom. The number of nitrogens with two attached hydrogens (primary N) is 1. The van der Waals surface area contributed by atoms with Gasteiger partial charge in [0.15, 0.2) is 0 Å². The molecule has 0 radical (unpaired) electrons. The Labute approximate surface area is 129 Å². The molecule has 0 spiro atoms. The van der Waals surface area contributed by atoms with Gasteiger partial charge in [-0.25, -0.2) is 0 Å². The van der Waals surface area contributed by atoms with Gasteiger partial charge in [-0.3, -0.25) is 9.67 Å². The molecule has 0 bridgehead atoms. The minimum atomic E-state index is 0.574. The van der Waals surface area contributed by atoms with E-state index in [-0.39, 0.29) is 0 Å². The number of hydrogen-bond donors (Lipinski definition) is 1. The Morgan fingerprint density at radius 3 is 2.55 bits per heavy atom. The number of hydrogen-bond acceptors (Lipinski definition) is 4. The summed E-state index contributed by atoms with van der Waals surface area (Å²) in [6, 6.07) is 5.58. The number of pyridine rings is 1. The summed E-state index contributed by atoms with van der Waals surface area (Å²) in [6.45, 7) is 0. The van der Waals surface area contributed by atoms with Gasteiger partial charge < -0.3 is 5.73 Å². The van der Waals surface area contributed by atoms with Crippen molar-refractivity contribution in [1.82, 2.24) is 14.8 Å². The van der Waals surface area contributed by atoms with E-state index < -0.39 is 0 Å². The van der Waals surface area contributed by atoms with Gasteiger partial charge in [-0.15, -0.1) is 11.3 Å². The molecule has 0 saturated heterocycles. The molecule has 2 N–H and O–H groups in total. The van der Waals surface area contributed by atoms with E-state index >= 15 is 0 Å². The molecule has 102 valence electrons. The molecule has 20 heavy (non-hydrogen) atoms. The summed E-state index contributed by atoms with van der Waals surface area (Å²) < 4.78 is 2.85. The van der Waals surface area contributed by atoms with Crippen molar-refractivity contribution in [2.45, 2.75) is 0 Å². The van der Waals surface area contributed by atoms with Crippen LogP contribution in [0.2, 0.25) is 8.67 Å². The quantitative estimate of drug-likeness (QED) is 0.772. The molecule has 0 aliphatic rings. The van der Waals surface area contributed by atoms with Crippen molar-refractivity contribution in [3.8, 4) is 22.4 Å². The maximum atomic E-state index is 6.23. The number of anilines is 1. The van der Waals surface area contributed by atoms with Crippen molar-refractivity contribution in [2.75, 3.05) is 5.73 Å². The number of thiophene rings is 1. The summed E-state index contributed by atoms with van der Waals surface area (Å²) in [6.07, 6.45) is 3.43. The number of rotatable bonds is 2. The molecule has 0 aliphatic carbocycles. The maximum Gasteiger partial charge on any atom is 0.129 e. The Morgan fingerprint density at radius 1 is 1.25 bits per heavy atom. The lowest BCUT2D eigenvalue weighted by Crippen LogP contribution is -1.97. The summed E-state index contributed by atoms with van der Waals surface area (Å²) in [5.74, 6) is 0.574. The van der Waals surface area contributed by atoms with Crippen molar-refractivity contribution < 1.29 is 0 Å². The molecule has 0 unspecified atom stereocenters. The van der Waals surface area contributed by atoms with Gasteiger partial charge in [0.25, 0.3) is 0 Å². The highest BCUT2D eigenvalue weighted by Crippen LogP contribution is 2.43. The molecule has 0 saturated carbocycles. The summed E-state index contributed by atoms with van der Waals surface area (Å²) in [4.78, 5) is 4.02. The molecule has 0 fully saturated rings. The average molecular weight is 325 g/mol. The van der Waals surface area contributed by atoms with Gasteiger partial charge in [-0.1, -0.05) is 23.2 Å². The first-order valence-corrected chi connectivity index (χ1v) is 7.33. The topological polar surface area (TPSA) is 56.7 Å². The van der Waals surface area contributed by atoms with E-state index in [1.807, 2.05) is 12.1 Å². The summed E-state index contributed by atoms with van der Waals surface area (Å²) in [5, 5.41) is 4.47. The van der Waals surface area contributed by atoms with Crippen LogP contribution in [0.15, 0.2) is 30.6 Å². The smallest absolute Gasteiger partial charge is 0.129 e. The molecule has 4 nitrogen and oxygen atoms in total. The van der Waals surface area contributed by atoms with Crippen LogP contribution in [0, 0.1) is 0 Å². The van der Waals surface area contributed by atoms with E-state index in [0.29, 0.717) is 14.5 Å². The summed E-state index contributed by atoms with van der Waals surface area (Å²) >= 11 is 13.6. The van der Waals surface area contributed by atoms with Crippen molar-refractivity contribution in [3.63, 3.8) is 0 Å². The molecule has 3 heterocycles. The molecule has 0 atom stereocenters. The van der Waals surface area contributed by atoms with Gasteiger partial charge in [-0.05, 0) is 23.8 Å². The third kappa shape index (κ3) is 2.18. The second kappa shape index (κ2) is 5.09. The molecular weight excluding hydrogens is 315 g/mol. The Bertz CT molecular complexity index is 764. The van der Waals surface area contributed by atoms with Crippen molar-refractivity contribution in [2.24, 2.45) is 7.05 Å². The highest BCUT2D eigenvalue weighted by atomic mass is 35.5. The van der Waals surface area contributed by atoms with E-state index in [0.717, 1.165) is 22.4 Å². The largest absolute Gasteiger partial charge is 0.383 e. The maximum absolute atomic E-state index is 6.23. The SMILES string of the molecule is Cn1nc(-c2cc(Cl)sc2Cl)c(-c2ccncc2)c1N. The third-order valence-electron chi connectivity index (χ3n) is 2.97. The first-order valence-electron chi connectivity index (χ1n) is 5.76. The zero-order chi connectivity index (χ0) is 14.3. The van der Waals surface area contributed by atoms with Crippen LogP contribution in [0.1, 0.15) is 0 Å². The predicted molar refractivity (Wildman–Crippen MR) is 84.2 cm³/mol. The van der Waals surface area contributed by atoms with E-state index in [1.165, 1.54) is 11.3 Å². The second-order valence-electron chi connectivity index (χ2n) is 4.21. The molecule has 3 aromatic rings. The molecule has 0 aliphatic heterocycles. The van der Waals surface area contributed by atoms with Gasteiger partial charge in [0, 0.05) is 25.0 Å². The van der Waals surface area contributed by atoms with Gasteiger partial charge in [-0.2, -0.15) is 5.10 Å². The summed E-state index contributed by atoms with van der Waals surface area (Å²) in [7, 11) is 1.80. The highest BCUT2D eigenvalue weighted by Gasteiger charge is 2.20. The lowest BCUT2D eigenvalue weighted by Gasteiger charge is -2.03. The van der Waals surface area contributed by atoms with Gasteiger partial charge in [0.1, 0.15) is 15.8 Å². The fourth-order valence-corrected chi connectivity index (χ4v) is 3.50. The van der Waals surface area contributed by atoms with Crippen LogP contribution in [0.5, 0.6) is 0 Å². The van der Waals surface area contributed by atoms with E-state index in [9.17, 15) is 0 Å². The van der Waals surface area contributed by atoms with Crippen LogP contribution in [0.25, 0.3) is 22.4 Å². The monoisotopic (exact) mass is 324 g/mol. The molecule has 3 aromatic heterocycles. The number of aryl methyl sites for hydroxylation is 1. The normalized spacial score (nSPS) is 10.9. The predicted octanol–water partition coefficient (Wildman–Crippen LogP) is 4.10. The summed E-state index contributed by atoms with van der Waals surface area (Å²) in [5.41, 5.74) is 9.44. The van der Waals surface area contributed by atoms with Gasteiger partial charge in [0.2, 0.25) is 0 Å². The Kier molecular flexibility index (Phi) is 3.41. The molecule has 0 amide bonds. The Hall–Kier alpha value is -1.56. The van der Waals surface area contributed by atoms with E-state index in [2.05, 4.69) is 10.1 Å². The second-order valence-corrected chi connectivity index (χ2v) is 6.49. The molecule has 7 heteroatoms. The Balaban J connectivity index is 2.28. The minimum absolute atomic E-state index is 0.574. The van der Waals surface area contributed by atoms with Gasteiger partial charge in [0.05, 0.1) is 9.90 Å². The zero-order valence-corrected chi connectivity index (χ0v) is 12.8. The lowest BCUT2D eigenvalue weighted by atomic mass is 10.0. The standard InChI is InChI=1S/C13H10Cl2N4S/c1-19-13(16)10(7-2-4-17-5-3-7)11(18-19)8-6-9(14)20-12(8)15/h2-6H,16H2,1H3. The van der Waals surface area contributed by atoms with Crippen LogP contribution >= 0.6 is 34.5 Å². The van der Waals surface area contributed by atoms with Crippen LogP contribution < -0.4 is 5.73 Å². The number of halogens is 2. The van der Waals surface area contributed by atoms with Gasteiger partial charge >= 0.3 is 0 Å². The first kappa shape index (κ1) is 13.4. The van der Waals surface area contributed by atoms with E-state index in [4.69, 9.17) is 28.9 Å². The third-order valence-corrected chi connectivity index (χ3v) is 4.46. The molecule has 3 rings (SSSR count). The number of aromatic nitrogens is 3. The zero-order valence-electron chi connectivity index (χ0n) is 10.5. The van der Waals surface area contributed by atoms with Crippen molar-refractivity contribution >= 4 is 40.4 Å². The highest BCUT2D eigenvalue weighted by molar-refractivity contribution is 7.20. The molecular formula is C13H10Cl2N4S. The fourth-order valence-electron chi connectivity index (χ4n) is 2.03. The number of nitrogen functional groups attached to an aromatic ring is 1. The molecule has 0 aromatic carbocycles. The van der Waals surface area contributed by atoms with Crippen molar-refractivity contribution in [3.05, 3.63) is 39.3 Å². The lowest BCUT2D eigenvalue weighted by molar-refractivity contribution is 0.782.